The van der Waals surface area contributed by atoms with E-state index in [4.69, 9.17) is 4.98 Å². The summed E-state index contributed by atoms with van der Waals surface area (Å²) in [5.74, 6) is 0.760. The highest BCUT2D eigenvalue weighted by Gasteiger charge is 2.33. The highest BCUT2D eigenvalue weighted by atomic mass is 16.2. The molecule has 0 radical (unpaired) electrons. The van der Waals surface area contributed by atoms with E-state index in [0.717, 1.165) is 54.7 Å². The molecule has 154 valence electrons. The number of amides is 1. The van der Waals surface area contributed by atoms with Gasteiger partial charge in [0.2, 0.25) is 5.91 Å². The van der Waals surface area contributed by atoms with Gasteiger partial charge in [0.25, 0.3) is 5.56 Å². The summed E-state index contributed by atoms with van der Waals surface area (Å²) >= 11 is 0. The molecule has 1 aromatic carbocycles. The summed E-state index contributed by atoms with van der Waals surface area (Å²) < 4.78 is 0. The predicted octanol–water partition coefficient (Wildman–Crippen LogP) is 2.75. The van der Waals surface area contributed by atoms with E-state index in [2.05, 4.69) is 23.7 Å². The molecule has 3 heterocycles. The molecule has 0 unspecified atom stereocenters. The monoisotopic (exact) mass is 394 g/mol. The highest BCUT2D eigenvalue weighted by molar-refractivity contribution is 5.79. The number of carbonyl (C=O) groups is 1. The van der Waals surface area contributed by atoms with Crippen LogP contribution in [-0.4, -0.2) is 44.8 Å². The standard InChI is InChI=1S/C23H30N4O2/c1-15(2)26-12-10-19-18(14-26)23(29)25-22(24-19)20-9-6-11-27(20)21(28)13-17-8-5-4-7-16(17)3/h4-5,7-8,15,20H,6,9-14H2,1-3H3,(H,24,25,29)/t20-/m1/s1. The highest BCUT2D eigenvalue weighted by Crippen LogP contribution is 2.31. The Morgan fingerprint density at radius 1 is 1.28 bits per heavy atom. The van der Waals surface area contributed by atoms with Crippen LogP contribution in [-0.2, 0) is 24.2 Å². The van der Waals surface area contributed by atoms with Crippen molar-refractivity contribution in [2.45, 2.75) is 65.1 Å². The Balaban J connectivity index is 1.56. The van der Waals surface area contributed by atoms with E-state index < -0.39 is 0 Å². The second-order valence-electron chi connectivity index (χ2n) is 8.54. The maximum atomic E-state index is 13.0. The number of aromatic amines is 1. The lowest BCUT2D eigenvalue weighted by atomic mass is 10.0. The normalized spacial score (nSPS) is 19.6. The van der Waals surface area contributed by atoms with Crippen LogP contribution < -0.4 is 5.56 Å². The maximum Gasteiger partial charge on any atom is 0.255 e. The summed E-state index contributed by atoms with van der Waals surface area (Å²) in [6, 6.07) is 8.29. The fourth-order valence-corrected chi connectivity index (χ4v) is 4.49. The zero-order valence-corrected chi connectivity index (χ0v) is 17.6. The summed E-state index contributed by atoms with van der Waals surface area (Å²) in [7, 11) is 0. The Hall–Kier alpha value is -2.47. The Bertz CT molecular complexity index is 966. The molecule has 2 aliphatic rings. The Morgan fingerprint density at radius 2 is 2.07 bits per heavy atom. The first-order chi connectivity index (χ1) is 13.9. The number of hydrogen-bond donors (Lipinski definition) is 1. The van der Waals surface area contributed by atoms with Gasteiger partial charge >= 0.3 is 0 Å². The molecule has 6 nitrogen and oxygen atoms in total. The van der Waals surface area contributed by atoms with Crippen LogP contribution in [0.2, 0.25) is 0 Å². The predicted molar refractivity (Wildman–Crippen MR) is 113 cm³/mol. The summed E-state index contributed by atoms with van der Waals surface area (Å²) in [5, 5.41) is 0. The van der Waals surface area contributed by atoms with E-state index in [1.807, 2.05) is 36.1 Å². The first-order valence-corrected chi connectivity index (χ1v) is 10.6. The average molecular weight is 395 g/mol. The van der Waals surface area contributed by atoms with Crippen LogP contribution >= 0.6 is 0 Å². The lowest BCUT2D eigenvalue weighted by molar-refractivity contribution is -0.131. The van der Waals surface area contributed by atoms with Crippen molar-refractivity contribution < 1.29 is 4.79 Å². The smallest absolute Gasteiger partial charge is 0.255 e. The average Bonchev–Trinajstić information content (AvgIpc) is 3.19. The number of aryl methyl sites for hydroxylation is 1. The molecule has 1 atom stereocenters. The third-order valence-electron chi connectivity index (χ3n) is 6.34. The lowest BCUT2D eigenvalue weighted by Crippen LogP contribution is -2.40. The van der Waals surface area contributed by atoms with Crippen LogP contribution in [0.15, 0.2) is 29.1 Å². The van der Waals surface area contributed by atoms with Crippen LogP contribution in [0.1, 0.15) is 60.9 Å². The quantitative estimate of drug-likeness (QED) is 0.866. The van der Waals surface area contributed by atoms with Gasteiger partial charge in [-0.2, -0.15) is 0 Å². The number of H-pyrrole nitrogens is 1. The van der Waals surface area contributed by atoms with Crippen molar-refractivity contribution in [1.29, 1.82) is 0 Å². The summed E-state index contributed by atoms with van der Waals surface area (Å²) in [6.45, 7) is 8.62. The van der Waals surface area contributed by atoms with Gasteiger partial charge in [0.05, 0.1) is 23.7 Å². The minimum absolute atomic E-state index is 0.0476. The van der Waals surface area contributed by atoms with Gasteiger partial charge in [-0.25, -0.2) is 4.98 Å². The summed E-state index contributed by atoms with van der Waals surface area (Å²) in [4.78, 5) is 37.9. The second kappa shape index (κ2) is 8.11. The minimum atomic E-state index is -0.132. The number of carbonyl (C=O) groups excluding carboxylic acids is 1. The SMILES string of the molecule is Cc1ccccc1CC(=O)N1CCC[C@@H]1c1nc2c(c(=O)[nH]1)CN(C(C)C)CC2. The van der Waals surface area contributed by atoms with Crippen molar-refractivity contribution in [3.05, 3.63) is 62.8 Å². The Labute approximate surface area is 172 Å². The van der Waals surface area contributed by atoms with Gasteiger partial charge in [-0.3, -0.25) is 14.5 Å². The molecule has 1 N–H and O–H groups in total. The number of aromatic nitrogens is 2. The van der Waals surface area contributed by atoms with Crippen LogP contribution in [0.25, 0.3) is 0 Å². The van der Waals surface area contributed by atoms with Gasteiger partial charge in [-0.15, -0.1) is 0 Å². The van der Waals surface area contributed by atoms with E-state index in [9.17, 15) is 9.59 Å². The van der Waals surface area contributed by atoms with Crippen LogP contribution in [0.4, 0.5) is 0 Å². The van der Waals surface area contributed by atoms with Gasteiger partial charge in [0, 0.05) is 32.1 Å². The minimum Gasteiger partial charge on any atom is -0.332 e. The molecule has 0 spiro atoms. The van der Waals surface area contributed by atoms with Gasteiger partial charge in [0.15, 0.2) is 0 Å². The van der Waals surface area contributed by atoms with E-state index in [1.165, 1.54) is 0 Å². The molecule has 1 amide bonds. The van der Waals surface area contributed by atoms with E-state index in [0.29, 0.717) is 24.8 Å². The molecular formula is C23H30N4O2. The molecule has 1 saturated heterocycles. The lowest BCUT2D eigenvalue weighted by Gasteiger charge is -2.31. The van der Waals surface area contributed by atoms with Crippen molar-refractivity contribution in [2.24, 2.45) is 0 Å². The molecule has 0 saturated carbocycles. The third-order valence-corrected chi connectivity index (χ3v) is 6.34. The molecule has 2 aromatic rings. The molecule has 0 aliphatic carbocycles. The Morgan fingerprint density at radius 3 is 2.83 bits per heavy atom. The number of nitrogens with zero attached hydrogens (tertiary/aromatic N) is 3. The Kier molecular flexibility index (Phi) is 5.54. The molecule has 1 aromatic heterocycles. The van der Waals surface area contributed by atoms with Gasteiger partial charge in [-0.05, 0) is 44.7 Å². The number of likely N-dealkylation sites (tertiary alicyclic amines) is 1. The van der Waals surface area contributed by atoms with Gasteiger partial charge in [-0.1, -0.05) is 24.3 Å². The van der Waals surface area contributed by atoms with Crippen molar-refractivity contribution in [2.75, 3.05) is 13.1 Å². The van der Waals surface area contributed by atoms with Crippen molar-refractivity contribution in [3.63, 3.8) is 0 Å². The molecule has 1 fully saturated rings. The number of fused-ring (bicyclic) bond motifs is 1. The second-order valence-corrected chi connectivity index (χ2v) is 8.54. The molecule has 2 aliphatic heterocycles. The van der Waals surface area contributed by atoms with Crippen LogP contribution in [0.5, 0.6) is 0 Å². The first kappa shape index (κ1) is 19.8. The van der Waals surface area contributed by atoms with Crippen LogP contribution in [0.3, 0.4) is 0 Å². The van der Waals surface area contributed by atoms with Gasteiger partial charge < -0.3 is 9.88 Å². The molecule has 4 rings (SSSR count). The van der Waals surface area contributed by atoms with Crippen molar-refractivity contribution in [1.82, 2.24) is 19.8 Å². The maximum absolute atomic E-state index is 13.0. The summed E-state index contributed by atoms with van der Waals surface area (Å²) in [5.41, 5.74) is 3.83. The zero-order chi connectivity index (χ0) is 20.5. The first-order valence-electron chi connectivity index (χ1n) is 10.6. The van der Waals surface area contributed by atoms with Crippen LogP contribution in [0, 0.1) is 6.92 Å². The number of nitrogens with one attached hydrogen (secondary N) is 1. The van der Waals surface area contributed by atoms with Crippen molar-refractivity contribution >= 4 is 5.91 Å². The fourth-order valence-electron chi connectivity index (χ4n) is 4.49. The molecule has 6 heteroatoms. The van der Waals surface area contributed by atoms with E-state index >= 15 is 0 Å². The topological polar surface area (TPSA) is 69.3 Å². The third kappa shape index (κ3) is 3.99. The molecule has 0 bridgehead atoms. The van der Waals surface area contributed by atoms with E-state index in [-0.39, 0.29) is 17.5 Å². The number of benzene rings is 1. The van der Waals surface area contributed by atoms with E-state index in [1.54, 1.807) is 0 Å². The number of hydrogen-bond acceptors (Lipinski definition) is 4. The zero-order valence-electron chi connectivity index (χ0n) is 17.6. The molecule has 29 heavy (non-hydrogen) atoms. The largest absolute Gasteiger partial charge is 0.332 e. The number of rotatable bonds is 4. The molecular weight excluding hydrogens is 364 g/mol. The van der Waals surface area contributed by atoms with Gasteiger partial charge in [0.1, 0.15) is 5.82 Å². The summed E-state index contributed by atoms with van der Waals surface area (Å²) in [6.07, 6.45) is 2.96. The van der Waals surface area contributed by atoms with Crippen molar-refractivity contribution in [3.8, 4) is 0 Å². The fraction of sp³-hybridized carbons (Fsp3) is 0.522.